The van der Waals surface area contributed by atoms with Gasteiger partial charge in [-0.3, -0.25) is 0 Å². The van der Waals surface area contributed by atoms with Gasteiger partial charge in [-0.05, 0) is 47.8 Å². The van der Waals surface area contributed by atoms with E-state index in [0.717, 1.165) is 16.7 Å². The molecule has 0 unspecified atom stereocenters. The van der Waals surface area contributed by atoms with Gasteiger partial charge >= 0.3 is 0 Å². The van der Waals surface area contributed by atoms with E-state index in [0.29, 0.717) is 5.41 Å². The molecule has 0 N–H and O–H groups in total. The molecule has 0 nitrogen and oxygen atoms in total. The van der Waals surface area contributed by atoms with Crippen LogP contribution in [0.4, 0.5) is 0 Å². The van der Waals surface area contributed by atoms with Crippen molar-refractivity contribution in [3.63, 3.8) is 0 Å². The topological polar surface area (TPSA) is 0 Å². The van der Waals surface area contributed by atoms with Gasteiger partial charge in [-0.1, -0.05) is 228 Å². The van der Waals surface area contributed by atoms with E-state index in [1.807, 2.05) is 41.5 Å². The third-order valence-electron chi connectivity index (χ3n) is 8.94. The van der Waals surface area contributed by atoms with Crippen molar-refractivity contribution in [2.45, 2.75) is 254 Å². The Morgan fingerprint density at radius 1 is 0.500 bits per heavy atom. The van der Waals surface area contributed by atoms with Crippen LogP contribution in [0.15, 0.2) is 0 Å². The smallest absolute Gasteiger partial charge is 0.0328 e. The fraction of sp³-hybridized carbons (Fsp3) is 1.00. The maximum Gasteiger partial charge on any atom is -0.0328 e. The van der Waals surface area contributed by atoms with Crippen LogP contribution in [0.25, 0.3) is 0 Å². The first-order valence-electron chi connectivity index (χ1n) is 19.9. The minimum Gasteiger partial charge on any atom is -0.0683 e. The van der Waals surface area contributed by atoms with Gasteiger partial charge in [0.15, 0.2) is 0 Å². The van der Waals surface area contributed by atoms with Gasteiger partial charge in [-0.15, -0.1) is 0 Å². The molecule has 0 saturated heterocycles. The zero-order chi connectivity index (χ0) is 34.5. The summed E-state index contributed by atoms with van der Waals surface area (Å²) in [6.07, 6.45) is 27.2. The van der Waals surface area contributed by atoms with Gasteiger partial charge < -0.3 is 0 Å². The van der Waals surface area contributed by atoms with Gasteiger partial charge in [0.2, 0.25) is 0 Å². The predicted molar refractivity (Wildman–Crippen MR) is 206 cm³/mol. The molecular formula is C42H96. The standard InChI is InChI=1S/2C8H16.C7H14.C6H14.C4H10.C3H8.3C2H6/c2*1-3-8(2)6-4-5-7-8;1-2-7-5-3-4-6-7;1-5-6(2,3)4;1-3-4-2;1-3-2;3*1-2/h2*3-7H2,1-2H3;7H,2-6H2,1H3;5H2,1-4H3;3-4H2,1-2H3;3H2,1-2H3;3*1-2H3. The lowest BCUT2D eigenvalue weighted by Gasteiger charge is -2.19. The maximum atomic E-state index is 2.42. The van der Waals surface area contributed by atoms with E-state index in [4.69, 9.17) is 0 Å². The summed E-state index contributed by atoms with van der Waals surface area (Å²) in [5.74, 6) is 1.10. The molecule has 0 aromatic rings. The molecule has 0 heterocycles. The summed E-state index contributed by atoms with van der Waals surface area (Å²) >= 11 is 0. The summed E-state index contributed by atoms with van der Waals surface area (Å²) in [7, 11) is 0. The molecule has 0 aromatic carbocycles. The highest BCUT2D eigenvalue weighted by Crippen LogP contribution is 2.40. The van der Waals surface area contributed by atoms with Crippen molar-refractivity contribution in [3.05, 3.63) is 0 Å². The highest BCUT2D eigenvalue weighted by atomic mass is 14.3. The van der Waals surface area contributed by atoms with Crippen LogP contribution in [0.2, 0.25) is 0 Å². The van der Waals surface area contributed by atoms with Gasteiger partial charge in [-0.2, -0.15) is 0 Å². The largest absolute Gasteiger partial charge is 0.0683 e. The average molecular weight is 601 g/mol. The van der Waals surface area contributed by atoms with E-state index in [1.165, 1.54) is 122 Å². The third kappa shape index (κ3) is 44.4. The lowest BCUT2D eigenvalue weighted by atomic mass is 9.86. The second kappa shape index (κ2) is 41.0. The molecule has 0 aliphatic heterocycles. The fourth-order valence-electron chi connectivity index (χ4n) is 4.58. The molecule has 0 amide bonds. The van der Waals surface area contributed by atoms with Crippen molar-refractivity contribution in [1.82, 2.24) is 0 Å². The second-order valence-corrected chi connectivity index (χ2v) is 13.9. The summed E-state index contributed by atoms with van der Waals surface area (Å²) in [4.78, 5) is 0. The Hall–Kier alpha value is 0. The quantitative estimate of drug-likeness (QED) is 0.301. The number of hydrogen-bond acceptors (Lipinski definition) is 0. The highest BCUT2D eigenvalue weighted by molar-refractivity contribution is 4.78. The molecule has 0 radical (unpaired) electrons. The summed E-state index contributed by atoms with van der Waals surface area (Å²) < 4.78 is 0. The molecule has 42 heavy (non-hydrogen) atoms. The fourth-order valence-corrected chi connectivity index (χ4v) is 4.58. The zero-order valence-electron chi connectivity index (χ0n) is 34.5. The van der Waals surface area contributed by atoms with Crippen LogP contribution in [-0.2, 0) is 0 Å². The van der Waals surface area contributed by atoms with E-state index < -0.39 is 0 Å². The average Bonchev–Trinajstić information content (AvgIpc) is 3.81. The molecule has 3 rings (SSSR count). The molecule has 3 fully saturated rings. The molecule has 3 aliphatic carbocycles. The van der Waals surface area contributed by atoms with Crippen molar-refractivity contribution < 1.29 is 0 Å². The molecule has 0 spiro atoms. The molecular weight excluding hydrogens is 504 g/mol. The second-order valence-electron chi connectivity index (χ2n) is 13.9. The first-order valence-corrected chi connectivity index (χ1v) is 19.9. The third-order valence-corrected chi connectivity index (χ3v) is 8.94. The number of unbranched alkanes of at least 4 members (excludes halogenated alkanes) is 1. The molecule has 0 aromatic heterocycles. The molecule has 3 aliphatic rings. The van der Waals surface area contributed by atoms with Gasteiger partial charge in [-0.25, -0.2) is 0 Å². The van der Waals surface area contributed by atoms with Crippen LogP contribution >= 0.6 is 0 Å². The Balaban J connectivity index is -0.0000000913. The van der Waals surface area contributed by atoms with Crippen LogP contribution < -0.4 is 0 Å². The first-order chi connectivity index (χ1) is 19.9. The van der Waals surface area contributed by atoms with Crippen molar-refractivity contribution in [2.24, 2.45) is 22.2 Å². The SMILES string of the molecule is CC.CC.CC.CCC.CCC(C)(C)C.CCC1(C)CCCC1.CCC1(C)CCCC1.CCC1CCCC1.CCCC. The Kier molecular flexibility index (Phi) is 53.2. The molecule has 0 heteroatoms. The van der Waals surface area contributed by atoms with E-state index in [1.54, 1.807) is 0 Å². The van der Waals surface area contributed by atoms with Crippen LogP contribution in [0.3, 0.4) is 0 Å². The van der Waals surface area contributed by atoms with E-state index in [9.17, 15) is 0 Å². The Labute approximate surface area is 275 Å². The summed E-state index contributed by atoms with van der Waals surface area (Å²) in [6.45, 7) is 41.3. The number of hydrogen-bond donors (Lipinski definition) is 0. The maximum absolute atomic E-state index is 2.42. The normalized spacial score (nSPS) is 17.2. The summed E-state index contributed by atoms with van der Waals surface area (Å²) in [5, 5.41) is 0. The Bertz CT molecular complexity index is 370. The Morgan fingerprint density at radius 2 is 0.738 bits per heavy atom. The van der Waals surface area contributed by atoms with Crippen LogP contribution in [-0.4, -0.2) is 0 Å². The lowest BCUT2D eigenvalue weighted by molar-refractivity contribution is 0.323. The van der Waals surface area contributed by atoms with E-state index >= 15 is 0 Å². The van der Waals surface area contributed by atoms with E-state index in [2.05, 4.69) is 90.0 Å². The zero-order valence-corrected chi connectivity index (χ0v) is 34.5. The molecule has 0 atom stereocenters. The highest BCUT2D eigenvalue weighted by Gasteiger charge is 2.26. The van der Waals surface area contributed by atoms with Crippen LogP contribution in [0, 0.1) is 22.2 Å². The van der Waals surface area contributed by atoms with Gasteiger partial charge in [0.25, 0.3) is 0 Å². The van der Waals surface area contributed by atoms with Gasteiger partial charge in [0, 0.05) is 0 Å². The summed E-state index contributed by atoms with van der Waals surface area (Å²) in [6, 6.07) is 0. The minimum atomic E-state index is 0.542. The number of rotatable bonds is 4. The molecule has 264 valence electrons. The van der Waals surface area contributed by atoms with Crippen molar-refractivity contribution >= 4 is 0 Å². The van der Waals surface area contributed by atoms with Crippen molar-refractivity contribution in [1.29, 1.82) is 0 Å². The van der Waals surface area contributed by atoms with Crippen molar-refractivity contribution in [2.75, 3.05) is 0 Å². The molecule has 0 bridgehead atoms. The van der Waals surface area contributed by atoms with Crippen molar-refractivity contribution in [3.8, 4) is 0 Å². The van der Waals surface area contributed by atoms with Gasteiger partial charge in [0.05, 0.1) is 0 Å². The van der Waals surface area contributed by atoms with E-state index in [-0.39, 0.29) is 0 Å². The monoisotopic (exact) mass is 601 g/mol. The predicted octanol–water partition coefficient (Wildman–Crippen LogP) is 17.3. The first kappa shape index (κ1) is 54.5. The lowest BCUT2D eigenvalue weighted by Crippen LogP contribution is -2.07. The minimum absolute atomic E-state index is 0.542. The Morgan fingerprint density at radius 3 is 0.833 bits per heavy atom. The van der Waals surface area contributed by atoms with Gasteiger partial charge in [0.1, 0.15) is 0 Å². The summed E-state index contributed by atoms with van der Waals surface area (Å²) in [5.41, 5.74) is 2.01. The van der Waals surface area contributed by atoms with Crippen LogP contribution in [0.1, 0.15) is 254 Å². The molecule has 3 saturated carbocycles. The van der Waals surface area contributed by atoms with Crippen LogP contribution in [0.5, 0.6) is 0 Å².